The lowest BCUT2D eigenvalue weighted by atomic mass is 9.92. The molecular formula is C25H29N3O3S. The molecule has 1 saturated heterocycles. The van der Waals surface area contributed by atoms with Crippen molar-refractivity contribution in [3.63, 3.8) is 0 Å². The van der Waals surface area contributed by atoms with E-state index in [1.165, 1.54) is 11.5 Å². The van der Waals surface area contributed by atoms with Crippen molar-refractivity contribution >= 4 is 28.1 Å². The second kappa shape index (κ2) is 10.1. The maximum Gasteiger partial charge on any atom is 0.253 e. The van der Waals surface area contributed by atoms with Gasteiger partial charge in [0.2, 0.25) is 0 Å². The van der Waals surface area contributed by atoms with Crippen molar-refractivity contribution in [1.82, 2.24) is 9.27 Å². The standard InChI is InChI=1S/C25H29N3O3S/c1-17-14-24(32-27-17)26-21-6-9-23(20(16-21)15-18-10-12-30-13-11-18)31-22-7-4-19(5-8-22)25(29)28(2)3/h4-9,14,16,18,26H,10-13,15H2,1-3H3. The monoisotopic (exact) mass is 451 g/mol. The Morgan fingerprint density at radius 3 is 2.56 bits per heavy atom. The summed E-state index contributed by atoms with van der Waals surface area (Å²) in [7, 11) is 3.50. The SMILES string of the molecule is Cc1cc(Nc2ccc(Oc3ccc(C(=O)N(C)C)cc3)c(CC3CCOCC3)c2)sn1. The van der Waals surface area contributed by atoms with Crippen molar-refractivity contribution in [3.05, 3.63) is 65.4 Å². The molecule has 168 valence electrons. The molecule has 0 aliphatic carbocycles. The van der Waals surface area contributed by atoms with Gasteiger partial charge in [-0.25, -0.2) is 0 Å². The Bertz CT molecular complexity index is 1060. The Morgan fingerprint density at radius 2 is 1.91 bits per heavy atom. The van der Waals surface area contributed by atoms with Crippen LogP contribution in [0.15, 0.2) is 48.5 Å². The molecule has 3 aromatic rings. The maximum absolute atomic E-state index is 12.1. The van der Waals surface area contributed by atoms with Gasteiger partial charge in [-0.2, -0.15) is 4.37 Å². The van der Waals surface area contributed by atoms with Gasteiger partial charge in [0.15, 0.2) is 0 Å². The van der Waals surface area contributed by atoms with Crippen LogP contribution in [0.3, 0.4) is 0 Å². The molecule has 6 nitrogen and oxygen atoms in total. The molecule has 1 fully saturated rings. The molecule has 2 aromatic carbocycles. The van der Waals surface area contributed by atoms with Crippen molar-refractivity contribution in [2.45, 2.75) is 26.2 Å². The van der Waals surface area contributed by atoms with Crippen LogP contribution < -0.4 is 10.1 Å². The van der Waals surface area contributed by atoms with Crippen LogP contribution in [0.4, 0.5) is 10.7 Å². The van der Waals surface area contributed by atoms with Gasteiger partial charge in [-0.05, 0) is 97.7 Å². The minimum absolute atomic E-state index is 0.0227. The number of anilines is 2. The Balaban J connectivity index is 1.55. The molecule has 32 heavy (non-hydrogen) atoms. The Kier molecular flexibility index (Phi) is 7.07. The summed E-state index contributed by atoms with van der Waals surface area (Å²) in [5.41, 5.74) is 3.84. The van der Waals surface area contributed by atoms with Gasteiger partial charge in [-0.15, -0.1) is 0 Å². The van der Waals surface area contributed by atoms with Gasteiger partial charge in [0, 0.05) is 38.6 Å². The van der Waals surface area contributed by atoms with Gasteiger partial charge in [0.05, 0.1) is 5.69 Å². The first-order chi connectivity index (χ1) is 15.5. The molecule has 1 N–H and O–H groups in total. The van der Waals surface area contributed by atoms with Crippen molar-refractivity contribution in [1.29, 1.82) is 0 Å². The third-order valence-corrected chi connectivity index (χ3v) is 6.34. The summed E-state index contributed by atoms with van der Waals surface area (Å²) in [5.74, 6) is 2.11. The van der Waals surface area contributed by atoms with E-state index in [0.29, 0.717) is 17.2 Å². The second-order valence-corrected chi connectivity index (χ2v) is 9.17. The lowest BCUT2D eigenvalue weighted by Crippen LogP contribution is -2.21. The van der Waals surface area contributed by atoms with Crippen LogP contribution in [0.2, 0.25) is 0 Å². The summed E-state index contributed by atoms with van der Waals surface area (Å²) < 4.78 is 16.1. The summed E-state index contributed by atoms with van der Waals surface area (Å²) in [6.07, 6.45) is 3.06. The predicted molar refractivity (Wildman–Crippen MR) is 128 cm³/mol. The van der Waals surface area contributed by atoms with E-state index in [4.69, 9.17) is 9.47 Å². The lowest BCUT2D eigenvalue weighted by molar-refractivity contribution is 0.0664. The number of aryl methyl sites for hydroxylation is 1. The first-order valence-electron chi connectivity index (χ1n) is 10.9. The lowest BCUT2D eigenvalue weighted by Gasteiger charge is -2.23. The largest absolute Gasteiger partial charge is 0.457 e. The maximum atomic E-state index is 12.1. The zero-order chi connectivity index (χ0) is 22.5. The Labute approximate surface area is 193 Å². The number of hydrogen-bond acceptors (Lipinski definition) is 6. The second-order valence-electron chi connectivity index (χ2n) is 8.37. The molecule has 1 aromatic heterocycles. The van der Waals surface area contributed by atoms with Crippen molar-refractivity contribution in [3.8, 4) is 11.5 Å². The molecule has 0 radical (unpaired) electrons. The van der Waals surface area contributed by atoms with Gasteiger partial charge in [0.25, 0.3) is 5.91 Å². The molecule has 0 atom stereocenters. The average molecular weight is 452 g/mol. The van der Waals surface area contributed by atoms with E-state index >= 15 is 0 Å². The number of hydrogen-bond donors (Lipinski definition) is 1. The molecule has 0 bridgehead atoms. The first kappa shape index (κ1) is 22.3. The van der Waals surface area contributed by atoms with Gasteiger partial charge >= 0.3 is 0 Å². The van der Waals surface area contributed by atoms with E-state index in [-0.39, 0.29) is 5.91 Å². The summed E-state index contributed by atoms with van der Waals surface area (Å²) in [6.45, 7) is 3.63. The van der Waals surface area contributed by atoms with E-state index < -0.39 is 0 Å². The Morgan fingerprint density at radius 1 is 1.16 bits per heavy atom. The molecule has 0 saturated carbocycles. The minimum atomic E-state index is -0.0227. The topological polar surface area (TPSA) is 63.7 Å². The van der Waals surface area contributed by atoms with E-state index in [1.807, 2.05) is 37.3 Å². The van der Waals surface area contributed by atoms with Gasteiger partial charge < -0.3 is 19.7 Å². The number of ether oxygens (including phenoxy) is 2. The first-order valence-corrected chi connectivity index (χ1v) is 11.7. The zero-order valence-electron chi connectivity index (χ0n) is 18.8. The van der Waals surface area contributed by atoms with Crippen molar-refractivity contribution in [2.75, 3.05) is 32.6 Å². The third kappa shape index (κ3) is 5.66. The van der Waals surface area contributed by atoms with Crippen molar-refractivity contribution in [2.24, 2.45) is 5.92 Å². The van der Waals surface area contributed by atoms with Crippen LogP contribution in [0, 0.1) is 12.8 Å². The molecule has 7 heteroatoms. The summed E-state index contributed by atoms with van der Waals surface area (Å²) in [6, 6.07) is 15.6. The van der Waals surface area contributed by atoms with E-state index in [0.717, 1.165) is 60.2 Å². The van der Waals surface area contributed by atoms with E-state index in [2.05, 4.69) is 15.8 Å². The number of rotatable bonds is 7. The summed E-state index contributed by atoms with van der Waals surface area (Å²) in [5, 5.41) is 4.48. The van der Waals surface area contributed by atoms with Gasteiger partial charge in [0.1, 0.15) is 16.5 Å². The van der Waals surface area contributed by atoms with Crippen LogP contribution >= 0.6 is 11.5 Å². The fraction of sp³-hybridized carbons (Fsp3) is 0.360. The predicted octanol–water partition coefficient (Wildman–Crippen LogP) is 5.66. The van der Waals surface area contributed by atoms with E-state index in [9.17, 15) is 4.79 Å². The van der Waals surface area contributed by atoms with Gasteiger partial charge in [-0.1, -0.05) is 0 Å². The highest BCUT2D eigenvalue weighted by Gasteiger charge is 2.18. The smallest absolute Gasteiger partial charge is 0.253 e. The van der Waals surface area contributed by atoms with Crippen molar-refractivity contribution < 1.29 is 14.3 Å². The summed E-state index contributed by atoms with van der Waals surface area (Å²) in [4.78, 5) is 13.7. The fourth-order valence-electron chi connectivity index (χ4n) is 3.79. The molecule has 1 aliphatic rings. The number of nitrogens with one attached hydrogen (secondary N) is 1. The third-order valence-electron chi connectivity index (χ3n) is 5.54. The number of carbonyl (C=O) groups is 1. The molecule has 4 rings (SSSR count). The number of nitrogens with zero attached hydrogens (tertiary/aromatic N) is 2. The van der Waals surface area contributed by atoms with Crippen LogP contribution in [0.5, 0.6) is 11.5 Å². The van der Waals surface area contributed by atoms with Crippen LogP contribution in [-0.2, 0) is 11.2 Å². The van der Waals surface area contributed by atoms with Gasteiger partial charge in [-0.3, -0.25) is 4.79 Å². The Hall–Kier alpha value is -2.90. The normalized spacial score (nSPS) is 14.2. The molecule has 0 spiro atoms. The minimum Gasteiger partial charge on any atom is -0.457 e. The van der Waals surface area contributed by atoms with Crippen LogP contribution in [0.25, 0.3) is 0 Å². The number of benzene rings is 2. The van der Waals surface area contributed by atoms with Crippen LogP contribution in [-0.4, -0.2) is 42.5 Å². The molecule has 2 heterocycles. The average Bonchev–Trinajstić information content (AvgIpc) is 3.20. The molecular weight excluding hydrogens is 422 g/mol. The highest BCUT2D eigenvalue weighted by Crippen LogP contribution is 2.33. The highest BCUT2D eigenvalue weighted by molar-refractivity contribution is 7.10. The number of aromatic nitrogens is 1. The quantitative estimate of drug-likeness (QED) is 0.502. The molecule has 1 aliphatic heterocycles. The molecule has 1 amide bonds. The highest BCUT2D eigenvalue weighted by atomic mass is 32.1. The fourth-order valence-corrected chi connectivity index (χ4v) is 4.48. The van der Waals surface area contributed by atoms with Crippen LogP contribution in [0.1, 0.15) is 34.5 Å². The number of amides is 1. The molecule has 0 unspecified atom stereocenters. The van der Waals surface area contributed by atoms with E-state index in [1.54, 1.807) is 31.1 Å². The number of carbonyl (C=O) groups excluding carboxylic acids is 1. The summed E-state index contributed by atoms with van der Waals surface area (Å²) >= 11 is 1.46. The zero-order valence-corrected chi connectivity index (χ0v) is 19.6.